The van der Waals surface area contributed by atoms with Gasteiger partial charge in [0.2, 0.25) is 5.91 Å². The number of nitrogens with zero attached hydrogens (tertiary/aromatic N) is 4. The number of anilines is 1. The van der Waals surface area contributed by atoms with E-state index in [2.05, 4.69) is 34.3 Å². The minimum atomic E-state index is -0.365. The molecule has 0 aliphatic rings. The van der Waals surface area contributed by atoms with E-state index in [9.17, 15) is 4.79 Å². The number of thiazole rings is 1. The molecule has 2 atom stereocenters. The van der Waals surface area contributed by atoms with Gasteiger partial charge in [0.1, 0.15) is 11.5 Å². The van der Waals surface area contributed by atoms with Gasteiger partial charge >= 0.3 is 0 Å². The number of carbonyl (C=O) groups is 1. The number of carbonyl (C=O) groups excluding carboxylic acids is 1. The first-order chi connectivity index (χ1) is 15.7. The van der Waals surface area contributed by atoms with E-state index in [-0.39, 0.29) is 17.3 Å². The van der Waals surface area contributed by atoms with E-state index in [4.69, 9.17) is 9.47 Å². The van der Waals surface area contributed by atoms with Crippen LogP contribution in [0.1, 0.15) is 50.2 Å². The highest BCUT2D eigenvalue weighted by molar-refractivity contribution is 8.00. The molecule has 0 bridgehead atoms. The summed E-state index contributed by atoms with van der Waals surface area (Å²) in [5.74, 6) is 2.47. The van der Waals surface area contributed by atoms with Gasteiger partial charge in [-0.2, -0.15) is 0 Å². The lowest BCUT2D eigenvalue weighted by atomic mass is 10.2. The number of hydrogen-bond donors (Lipinski definition) is 1. The zero-order valence-electron chi connectivity index (χ0n) is 20.1. The average Bonchev–Trinajstić information content (AvgIpc) is 3.30. The molecule has 8 nitrogen and oxygen atoms in total. The molecule has 0 aliphatic carbocycles. The minimum Gasteiger partial charge on any atom is -0.497 e. The lowest BCUT2D eigenvalue weighted by Crippen LogP contribution is -2.23. The quantitative estimate of drug-likeness (QED) is 0.388. The molecule has 1 N–H and O–H groups in total. The van der Waals surface area contributed by atoms with Crippen molar-refractivity contribution in [1.29, 1.82) is 0 Å². The molecule has 2 heterocycles. The number of hydrogen-bond acceptors (Lipinski definition) is 8. The zero-order chi connectivity index (χ0) is 24.1. The first-order valence-electron chi connectivity index (χ1n) is 10.8. The molecule has 0 saturated carbocycles. The van der Waals surface area contributed by atoms with Gasteiger partial charge in [0, 0.05) is 11.4 Å². The van der Waals surface area contributed by atoms with Crippen LogP contribution in [-0.2, 0) is 11.3 Å². The Morgan fingerprint density at radius 2 is 1.79 bits per heavy atom. The van der Waals surface area contributed by atoms with Crippen molar-refractivity contribution in [3.05, 3.63) is 40.7 Å². The Morgan fingerprint density at radius 1 is 1.12 bits per heavy atom. The maximum atomic E-state index is 12.7. The third-order valence-electron chi connectivity index (χ3n) is 4.94. The number of nitrogens with one attached hydrogen (secondary N) is 1. The molecular formula is C23H31N5O3S2. The molecule has 0 fully saturated rings. The Hall–Kier alpha value is -2.59. The summed E-state index contributed by atoms with van der Waals surface area (Å²) in [6, 6.07) is 7.44. The molecule has 3 rings (SSSR count). The first-order valence-corrected chi connectivity index (χ1v) is 12.5. The second kappa shape index (κ2) is 11.0. The van der Waals surface area contributed by atoms with Crippen LogP contribution in [0.25, 0.3) is 0 Å². The predicted octanol–water partition coefficient (Wildman–Crippen LogP) is 5.28. The summed E-state index contributed by atoms with van der Waals surface area (Å²) in [5.41, 5.74) is 0.933. The van der Waals surface area contributed by atoms with Gasteiger partial charge in [-0.1, -0.05) is 25.6 Å². The fraction of sp³-hybridized carbons (Fsp3) is 0.478. The van der Waals surface area contributed by atoms with Crippen molar-refractivity contribution >= 4 is 34.1 Å². The molecule has 178 valence electrons. The van der Waals surface area contributed by atoms with Gasteiger partial charge in [0.25, 0.3) is 0 Å². The van der Waals surface area contributed by atoms with Gasteiger partial charge in [0.05, 0.1) is 18.1 Å². The second-order valence-corrected chi connectivity index (χ2v) is 10.7. The van der Waals surface area contributed by atoms with Crippen LogP contribution >= 0.6 is 23.1 Å². The Balaban J connectivity index is 1.73. The normalized spacial score (nSPS) is 13.1. The highest BCUT2D eigenvalue weighted by Gasteiger charge is 2.24. The van der Waals surface area contributed by atoms with Gasteiger partial charge in [-0.25, -0.2) is 4.98 Å². The van der Waals surface area contributed by atoms with Gasteiger partial charge in [-0.3, -0.25) is 4.79 Å². The van der Waals surface area contributed by atoms with Crippen LogP contribution in [0, 0.1) is 19.8 Å². The number of amides is 1. The van der Waals surface area contributed by atoms with Gasteiger partial charge < -0.3 is 19.4 Å². The standard InChI is InChI=1S/C23H31N5O3S2/c1-13(2)12-28-20(15(4)31-19-10-8-18(30-7)9-11-19)26-27-23(28)33-17(6)21(29)25-22-24-14(3)16(5)32-22/h8-11,13,15,17H,12H2,1-7H3,(H,24,25,29). The summed E-state index contributed by atoms with van der Waals surface area (Å²) < 4.78 is 13.4. The van der Waals surface area contributed by atoms with E-state index >= 15 is 0 Å². The summed E-state index contributed by atoms with van der Waals surface area (Å²) in [5, 5.41) is 12.7. The van der Waals surface area contributed by atoms with E-state index in [0.717, 1.165) is 34.4 Å². The lowest BCUT2D eigenvalue weighted by molar-refractivity contribution is -0.115. The van der Waals surface area contributed by atoms with Crippen LogP contribution in [0.5, 0.6) is 11.5 Å². The predicted molar refractivity (Wildman–Crippen MR) is 132 cm³/mol. The zero-order valence-corrected chi connectivity index (χ0v) is 21.7. The number of thioether (sulfide) groups is 1. The molecule has 2 aromatic heterocycles. The molecule has 10 heteroatoms. The SMILES string of the molecule is COc1ccc(OC(C)c2nnc(SC(C)C(=O)Nc3nc(C)c(C)s3)n2CC(C)C)cc1. The largest absolute Gasteiger partial charge is 0.497 e. The summed E-state index contributed by atoms with van der Waals surface area (Å²) in [7, 11) is 1.63. The Bertz CT molecular complexity index is 1060. The molecule has 1 aromatic carbocycles. The molecule has 2 unspecified atom stereocenters. The molecule has 3 aromatic rings. The van der Waals surface area contributed by atoms with Crippen LogP contribution in [0.15, 0.2) is 29.4 Å². The van der Waals surface area contributed by atoms with E-state index in [0.29, 0.717) is 16.2 Å². The molecule has 0 saturated heterocycles. The van der Waals surface area contributed by atoms with Crippen molar-refractivity contribution in [3.63, 3.8) is 0 Å². The van der Waals surface area contributed by atoms with Crippen LogP contribution in [0.3, 0.4) is 0 Å². The fourth-order valence-electron chi connectivity index (χ4n) is 3.08. The number of methoxy groups -OCH3 is 1. The smallest absolute Gasteiger partial charge is 0.239 e. The molecule has 0 radical (unpaired) electrons. The maximum absolute atomic E-state index is 12.7. The monoisotopic (exact) mass is 489 g/mol. The Morgan fingerprint density at radius 3 is 2.36 bits per heavy atom. The fourth-order valence-corrected chi connectivity index (χ4v) is 4.76. The minimum absolute atomic E-state index is 0.114. The average molecular weight is 490 g/mol. The number of aromatic nitrogens is 4. The van der Waals surface area contributed by atoms with E-state index < -0.39 is 0 Å². The third kappa shape index (κ3) is 6.48. The molecule has 0 spiro atoms. The highest BCUT2D eigenvalue weighted by Crippen LogP contribution is 2.29. The van der Waals surface area contributed by atoms with Gasteiger partial charge in [-0.05, 0) is 57.9 Å². The lowest BCUT2D eigenvalue weighted by Gasteiger charge is -2.18. The van der Waals surface area contributed by atoms with Crippen LogP contribution in [-0.4, -0.2) is 38.0 Å². The van der Waals surface area contributed by atoms with Crippen LogP contribution < -0.4 is 14.8 Å². The topological polar surface area (TPSA) is 91.2 Å². The van der Waals surface area contributed by atoms with Crippen LogP contribution in [0.4, 0.5) is 5.13 Å². The van der Waals surface area contributed by atoms with Crippen molar-refractivity contribution in [1.82, 2.24) is 19.7 Å². The summed E-state index contributed by atoms with van der Waals surface area (Å²) in [6.07, 6.45) is -0.315. The maximum Gasteiger partial charge on any atom is 0.239 e. The molecule has 0 aliphatic heterocycles. The Kier molecular flexibility index (Phi) is 8.36. The van der Waals surface area contributed by atoms with Crippen molar-refractivity contribution in [2.45, 2.75) is 64.6 Å². The number of benzene rings is 1. The molecule has 33 heavy (non-hydrogen) atoms. The molecule has 1 amide bonds. The third-order valence-corrected chi connectivity index (χ3v) is 7.01. The summed E-state index contributed by atoms with van der Waals surface area (Å²) >= 11 is 2.86. The van der Waals surface area contributed by atoms with E-state index in [1.54, 1.807) is 7.11 Å². The number of rotatable bonds is 10. The van der Waals surface area contributed by atoms with Crippen molar-refractivity contribution in [2.24, 2.45) is 5.92 Å². The van der Waals surface area contributed by atoms with E-state index in [1.807, 2.05) is 56.5 Å². The van der Waals surface area contributed by atoms with Crippen LogP contribution in [0.2, 0.25) is 0 Å². The number of ether oxygens (including phenoxy) is 2. The highest BCUT2D eigenvalue weighted by atomic mass is 32.2. The van der Waals surface area contributed by atoms with Crippen molar-refractivity contribution in [3.8, 4) is 11.5 Å². The van der Waals surface area contributed by atoms with Crippen molar-refractivity contribution in [2.75, 3.05) is 12.4 Å². The summed E-state index contributed by atoms with van der Waals surface area (Å²) in [6.45, 7) is 12.7. The first kappa shape index (κ1) is 25.0. The van der Waals surface area contributed by atoms with Crippen molar-refractivity contribution < 1.29 is 14.3 Å². The molecular weight excluding hydrogens is 458 g/mol. The summed E-state index contributed by atoms with van der Waals surface area (Å²) in [4.78, 5) is 18.2. The number of aryl methyl sites for hydroxylation is 2. The Labute approximate surface area is 203 Å². The van der Waals surface area contributed by atoms with Gasteiger partial charge in [-0.15, -0.1) is 21.5 Å². The second-order valence-electron chi connectivity index (χ2n) is 8.19. The van der Waals surface area contributed by atoms with Gasteiger partial charge in [0.15, 0.2) is 22.2 Å². The van der Waals surface area contributed by atoms with E-state index in [1.165, 1.54) is 23.1 Å².